The number of urea groups is 1. The van der Waals surface area contributed by atoms with Gasteiger partial charge in [0.25, 0.3) is 0 Å². The molecule has 3 N–H and O–H groups in total. The van der Waals surface area contributed by atoms with Crippen LogP contribution in [0.25, 0.3) is 5.69 Å². The summed E-state index contributed by atoms with van der Waals surface area (Å²) in [6.45, 7) is 1.88. The fourth-order valence-corrected chi connectivity index (χ4v) is 3.99. The third-order valence-electron chi connectivity index (χ3n) is 4.83. The van der Waals surface area contributed by atoms with Gasteiger partial charge in [0.1, 0.15) is 6.04 Å². The number of carbonyl (C=O) groups is 2. The lowest BCUT2D eigenvalue weighted by atomic mass is 10.1. The molecule has 0 bridgehead atoms. The topological polar surface area (TPSA) is 88.1 Å². The molecule has 2 aromatic carbocycles. The SMILES string of the molecule is Cc1cc(NC(=O)NC2CCc3cc(Br)ccc3NC2=O)nn1-c1cccc(Cl)c1. The first kappa shape index (κ1) is 20.4. The summed E-state index contributed by atoms with van der Waals surface area (Å²) in [5, 5.41) is 13.3. The van der Waals surface area contributed by atoms with E-state index in [0.29, 0.717) is 23.7 Å². The minimum Gasteiger partial charge on any atom is -0.326 e. The van der Waals surface area contributed by atoms with Crippen molar-refractivity contribution in [1.29, 1.82) is 0 Å². The maximum absolute atomic E-state index is 12.5. The molecule has 4 rings (SSSR count). The summed E-state index contributed by atoms with van der Waals surface area (Å²) < 4.78 is 2.64. The summed E-state index contributed by atoms with van der Waals surface area (Å²) in [7, 11) is 0. The smallest absolute Gasteiger partial charge is 0.321 e. The number of amides is 3. The molecule has 1 unspecified atom stereocenters. The van der Waals surface area contributed by atoms with Crippen LogP contribution in [0.3, 0.4) is 0 Å². The first-order chi connectivity index (χ1) is 14.4. The van der Waals surface area contributed by atoms with Gasteiger partial charge in [0.15, 0.2) is 5.82 Å². The number of hydrogen-bond donors (Lipinski definition) is 3. The van der Waals surface area contributed by atoms with Gasteiger partial charge in [-0.05, 0) is 61.7 Å². The van der Waals surface area contributed by atoms with Crippen molar-refractivity contribution in [3.05, 3.63) is 69.3 Å². The van der Waals surface area contributed by atoms with E-state index in [1.807, 2.05) is 37.3 Å². The van der Waals surface area contributed by atoms with Crippen LogP contribution in [0, 0.1) is 6.92 Å². The van der Waals surface area contributed by atoms with E-state index >= 15 is 0 Å². The summed E-state index contributed by atoms with van der Waals surface area (Å²) in [6, 6.07) is 13.6. The third kappa shape index (κ3) is 4.49. The van der Waals surface area contributed by atoms with Gasteiger partial charge in [-0.2, -0.15) is 0 Å². The molecule has 0 fully saturated rings. The van der Waals surface area contributed by atoms with E-state index in [9.17, 15) is 9.59 Å². The number of nitrogens with one attached hydrogen (secondary N) is 3. The lowest BCUT2D eigenvalue weighted by molar-refractivity contribution is -0.117. The molecule has 1 atom stereocenters. The van der Waals surface area contributed by atoms with Gasteiger partial charge in [0.05, 0.1) is 5.69 Å². The first-order valence-corrected chi connectivity index (χ1v) is 10.6. The quantitative estimate of drug-likeness (QED) is 0.500. The molecule has 3 aromatic rings. The summed E-state index contributed by atoms with van der Waals surface area (Å²) in [5.74, 6) is 0.137. The van der Waals surface area contributed by atoms with E-state index in [1.54, 1.807) is 22.9 Å². The molecule has 154 valence electrons. The molecule has 30 heavy (non-hydrogen) atoms. The second-order valence-corrected chi connectivity index (χ2v) is 8.40. The van der Waals surface area contributed by atoms with Crippen LogP contribution in [0.2, 0.25) is 5.02 Å². The zero-order chi connectivity index (χ0) is 21.3. The van der Waals surface area contributed by atoms with E-state index in [0.717, 1.165) is 27.1 Å². The summed E-state index contributed by atoms with van der Waals surface area (Å²) >= 11 is 9.50. The van der Waals surface area contributed by atoms with Gasteiger partial charge in [-0.3, -0.25) is 10.1 Å². The Morgan fingerprint density at radius 2 is 2.10 bits per heavy atom. The van der Waals surface area contributed by atoms with Crippen LogP contribution in [0.15, 0.2) is 53.0 Å². The lowest BCUT2D eigenvalue weighted by Crippen LogP contribution is -2.45. The first-order valence-electron chi connectivity index (χ1n) is 9.38. The molecule has 0 radical (unpaired) electrons. The standard InChI is InChI=1S/C21H19BrClN5O2/c1-12-9-19(27-28(12)16-4-2-3-15(23)11-16)26-21(30)25-18-7-5-13-10-14(22)6-8-17(13)24-20(18)29/h2-4,6,8-11,18H,5,7H2,1H3,(H,24,29)(H2,25,26,27,30). The molecule has 1 aromatic heterocycles. The Bertz CT molecular complexity index is 1130. The number of aryl methyl sites for hydroxylation is 2. The van der Waals surface area contributed by atoms with Crippen molar-refractivity contribution < 1.29 is 9.59 Å². The monoisotopic (exact) mass is 487 g/mol. The molecule has 0 aliphatic carbocycles. The maximum atomic E-state index is 12.5. The lowest BCUT2D eigenvalue weighted by Gasteiger charge is -2.15. The van der Waals surface area contributed by atoms with Crippen LogP contribution in [0.4, 0.5) is 16.3 Å². The minimum atomic E-state index is -0.646. The number of fused-ring (bicyclic) bond motifs is 1. The summed E-state index contributed by atoms with van der Waals surface area (Å²) in [4.78, 5) is 25.0. The Morgan fingerprint density at radius 1 is 1.27 bits per heavy atom. The minimum absolute atomic E-state index is 0.244. The maximum Gasteiger partial charge on any atom is 0.321 e. The van der Waals surface area contributed by atoms with Gasteiger partial charge in [-0.25, -0.2) is 9.48 Å². The van der Waals surface area contributed by atoms with Crippen LogP contribution in [0.1, 0.15) is 17.7 Å². The van der Waals surface area contributed by atoms with E-state index in [4.69, 9.17) is 11.6 Å². The van der Waals surface area contributed by atoms with Crippen molar-refractivity contribution in [1.82, 2.24) is 15.1 Å². The van der Waals surface area contributed by atoms with Crippen molar-refractivity contribution >= 4 is 51.0 Å². The zero-order valence-corrected chi connectivity index (χ0v) is 18.4. The molecule has 2 heterocycles. The van der Waals surface area contributed by atoms with Gasteiger partial charge in [0, 0.05) is 26.9 Å². The Kier molecular flexibility index (Phi) is 5.78. The molecular weight excluding hydrogens is 470 g/mol. The predicted octanol–water partition coefficient (Wildman–Crippen LogP) is 4.67. The number of hydrogen-bond acceptors (Lipinski definition) is 3. The van der Waals surface area contributed by atoms with Crippen molar-refractivity contribution in [2.75, 3.05) is 10.6 Å². The number of aromatic nitrogens is 2. The Morgan fingerprint density at radius 3 is 2.90 bits per heavy atom. The van der Waals surface area contributed by atoms with E-state index in [1.165, 1.54) is 0 Å². The van der Waals surface area contributed by atoms with Crippen LogP contribution < -0.4 is 16.0 Å². The van der Waals surface area contributed by atoms with Crippen LogP contribution in [-0.4, -0.2) is 27.8 Å². The molecule has 3 amide bonds. The van der Waals surface area contributed by atoms with Crippen LogP contribution in [-0.2, 0) is 11.2 Å². The summed E-state index contributed by atoms with van der Waals surface area (Å²) in [6.07, 6.45) is 1.17. The highest BCUT2D eigenvalue weighted by atomic mass is 79.9. The number of nitrogens with zero attached hydrogens (tertiary/aromatic N) is 2. The number of carbonyl (C=O) groups excluding carboxylic acids is 2. The fourth-order valence-electron chi connectivity index (χ4n) is 3.40. The van der Waals surface area contributed by atoms with Gasteiger partial charge >= 0.3 is 6.03 Å². The van der Waals surface area contributed by atoms with Gasteiger partial charge in [-0.15, -0.1) is 5.10 Å². The van der Waals surface area contributed by atoms with Crippen LogP contribution >= 0.6 is 27.5 Å². The Labute approximate surface area is 186 Å². The highest BCUT2D eigenvalue weighted by molar-refractivity contribution is 9.10. The fraction of sp³-hybridized carbons (Fsp3) is 0.190. The number of benzene rings is 2. The molecule has 7 nitrogen and oxygen atoms in total. The number of rotatable bonds is 3. The normalized spacial score (nSPS) is 15.7. The second-order valence-electron chi connectivity index (χ2n) is 7.04. The molecule has 9 heteroatoms. The average Bonchev–Trinajstić information content (AvgIpc) is 2.98. The van der Waals surface area contributed by atoms with Crippen molar-refractivity contribution in [2.45, 2.75) is 25.8 Å². The number of anilines is 2. The highest BCUT2D eigenvalue weighted by Gasteiger charge is 2.25. The zero-order valence-electron chi connectivity index (χ0n) is 16.1. The largest absolute Gasteiger partial charge is 0.326 e. The van der Waals surface area contributed by atoms with Gasteiger partial charge in [-0.1, -0.05) is 33.6 Å². The molecule has 0 saturated carbocycles. The van der Waals surface area contributed by atoms with E-state index < -0.39 is 12.1 Å². The predicted molar refractivity (Wildman–Crippen MR) is 120 cm³/mol. The van der Waals surface area contributed by atoms with Crippen LogP contribution in [0.5, 0.6) is 0 Å². The number of halogens is 2. The molecular formula is C21H19BrClN5O2. The Hall–Kier alpha value is -2.84. The van der Waals surface area contributed by atoms with Gasteiger partial charge < -0.3 is 10.6 Å². The van der Waals surface area contributed by atoms with Crippen molar-refractivity contribution in [3.8, 4) is 5.69 Å². The third-order valence-corrected chi connectivity index (χ3v) is 5.56. The molecule has 1 aliphatic rings. The van der Waals surface area contributed by atoms with E-state index in [-0.39, 0.29) is 5.91 Å². The van der Waals surface area contributed by atoms with E-state index in [2.05, 4.69) is 37.0 Å². The van der Waals surface area contributed by atoms with Crippen molar-refractivity contribution in [3.63, 3.8) is 0 Å². The second kappa shape index (κ2) is 8.49. The average molecular weight is 489 g/mol. The Balaban J connectivity index is 1.43. The molecule has 1 aliphatic heterocycles. The van der Waals surface area contributed by atoms with Crippen molar-refractivity contribution in [2.24, 2.45) is 0 Å². The molecule has 0 spiro atoms. The highest BCUT2D eigenvalue weighted by Crippen LogP contribution is 2.25. The molecule has 0 saturated heterocycles. The van der Waals surface area contributed by atoms with Gasteiger partial charge in [0.2, 0.25) is 5.91 Å². The summed E-state index contributed by atoms with van der Waals surface area (Å²) in [5.41, 5.74) is 3.42.